The molecule has 0 heterocycles. The number of rotatable bonds is 4. The summed E-state index contributed by atoms with van der Waals surface area (Å²) >= 11 is 0. The van der Waals surface area contributed by atoms with Crippen molar-refractivity contribution in [2.24, 2.45) is 0 Å². The van der Waals surface area contributed by atoms with E-state index in [9.17, 15) is 19.1 Å². The van der Waals surface area contributed by atoms with Crippen LogP contribution in [0.15, 0.2) is 29.2 Å². The summed E-state index contributed by atoms with van der Waals surface area (Å²) < 4.78 is 14.3. The van der Waals surface area contributed by atoms with Crippen molar-refractivity contribution in [2.45, 2.75) is 18.2 Å². The van der Waals surface area contributed by atoms with Gasteiger partial charge in [-0.15, -0.1) is 0 Å². The fraction of sp³-hybridized carbons (Fsp3) is 0.200. The van der Waals surface area contributed by atoms with Crippen molar-refractivity contribution in [3.8, 4) is 0 Å². The molecule has 0 fully saturated rings. The highest BCUT2D eigenvalue weighted by Gasteiger charge is 2.12. The predicted octanol–water partition coefficient (Wildman–Crippen LogP) is 1.11. The molecule has 0 radical (unpaired) electrons. The third kappa shape index (κ3) is 3.28. The van der Waals surface area contributed by atoms with Crippen molar-refractivity contribution in [2.75, 3.05) is 0 Å². The molecule has 1 N–H and O–H groups in total. The van der Waals surface area contributed by atoms with E-state index in [1.807, 2.05) is 0 Å². The van der Waals surface area contributed by atoms with Crippen LogP contribution in [0, 0.1) is 10.1 Å². The van der Waals surface area contributed by atoms with Crippen LogP contribution in [0.5, 0.6) is 0 Å². The first-order valence-electron chi connectivity index (χ1n) is 4.79. The van der Waals surface area contributed by atoms with Crippen LogP contribution in [0.1, 0.15) is 13.3 Å². The van der Waals surface area contributed by atoms with Crippen molar-refractivity contribution in [3.05, 3.63) is 34.4 Å². The molecule has 92 valence electrons. The maximum absolute atomic E-state index is 12.0. The summed E-state index contributed by atoms with van der Waals surface area (Å²) in [7, 11) is -2.94. The predicted molar refractivity (Wildman–Crippen MR) is 65.1 cm³/mol. The van der Waals surface area contributed by atoms with Gasteiger partial charge < -0.3 is 0 Å². The van der Waals surface area contributed by atoms with Crippen LogP contribution in [0.2, 0.25) is 0 Å². The number of amides is 1. The van der Waals surface area contributed by atoms with E-state index in [1.54, 1.807) is 6.92 Å². The summed E-state index contributed by atoms with van der Waals surface area (Å²) in [5.41, 5.74) is -0.106. The van der Waals surface area contributed by atoms with Crippen LogP contribution in [0.3, 0.4) is 0 Å². The Morgan fingerprint density at radius 3 is 2.41 bits per heavy atom. The molecule has 0 bridgehead atoms. The van der Waals surface area contributed by atoms with E-state index in [2.05, 4.69) is 10.6 Å². The highest BCUT2D eigenvalue weighted by molar-refractivity contribution is 7.99. The highest BCUT2D eigenvalue weighted by atomic mass is 32.2. The van der Waals surface area contributed by atoms with E-state index < -0.39 is 14.6 Å². The zero-order valence-electron chi connectivity index (χ0n) is 9.21. The zero-order valence-corrected chi connectivity index (χ0v) is 10.0. The standard InChI is InChI=1S/C10H12N2O4S/c1-3-10(13)11-17(2,16)9-6-4-8(5-7-9)12(14)15/h4-7H,2-3H2,1H3,(H,11,13,16). The summed E-state index contributed by atoms with van der Waals surface area (Å²) in [6.45, 7) is 1.63. The average Bonchev–Trinajstić information content (AvgIpc) is 2.28. The molecule has 6 nitrogen and oxygen atoms in total. The molecule has 0 aliphatic carbocycles. The summed E-state index contributed by atoms with van der Waals surface area (Å²) in [6, 6.07) is 5.09. The van der Waals surface area contributed by atoms with Crippen molar-refractivity contribution >= 4 is 27.2 Å². The van der Waals surface area contributed by atoms with Gasteiger partial charge in [-0.3, -0.25) is 19.6 Å². The fourth-order valence-electron chi connectivity index (χ4n) is 1.10. The Bertz CT molecular complexity index is 534. The number of nitrogens with one attached hydrogen (secondary N) is 1. The van der Waals surface area contributed by atoms with Gasteiger partial charge in [0.25, 0.3) is 5.69 Å². The van der Waals surface area contributed by atoms with E-state index in [-0.39, 0.29) is 22.9 Å². The van der Waals surface area contributed by atoms with Gasteiger partial charge in [0, 0.05) is 18.6 Å². The van der Waals surface area contributed by atoms with Crippen molar-refractivity contribution in [3.63, 3.8) is 0 Å². The van der Waals surface area contributed by atoms with E-state index in [4.69, 9.17) is 0 Å². The lowest BCUT2D eigenvalue weighted by atomic mass is 10.3. The summed E-state index contributed by atoms with van der Waals surface area (Å²) in [5.74, 6) is 3.04. The largest absolute Gasteiger partial charge is 0.279 e. The molecule has 0 saturated heterocycles. The molecular formula is C10H12N2O4S. The molecule has 0 aliphatic heterocycles. The smallest absolute Gasteiger partial charge is 0.269 e. The van der Waals surface area contributed by atoms with Gasteiger partial charge in [0.05, 0.1) is 19.5 Å². The Labute approximate surface area is 98.9 Å². The van der Waals surface area contributed by atoms with Crippen LogP contribution >= 0.6 is 0 Å². The zero-order chi connectivity index (χ0) is 13.1. The quantitative estimate of drug-likeness (QED) is 0.496. The van der Waals surface area contributed by atoms with Gasteiger partial charge in [0.15, 0.2) is 0 Å². The Morgan fingerprint density at radius 1 is 1.47 bits per heavy atom. The lowest BCUT2D eigenvalue weighted by molar-refractivity contribution is -0.384. The Hall–Kier alpha value is -1.89. The monoisotopic (exact) mass is 256 g/mol. The van der Waals surface area contributed by atoms with Crippen molar-refractivity contribution in [1.82, 2.24) is 4.72 Å². The van der Waals surface area contributed by atoms with Gasteiger partial charge in [-0.1, -0.05) is 6.92 Å². The lowest BCUT2D eigenvalue weighted by Crippen LogP contribution is -2.29. The van der Waals surface area contributed by atoms with Crippen LogP contribution in [0.25, 0.3) is 0 Å². The minimum atomic E-state index is -2.94. The van der Waals surface area contributed by atoms with Gasteiger partial charge in [-0.2, -0.15) is 0 Å². The molecule has 1 unspecified atom stereocenters. The SMILES string of the molecule is C=S(=O)(NC(=O)CC)c1ccc([N+](=O)[O-])cc1. The number of hydrogen-bond acceptors (Lipinski definition) is 4. The van der Waals surface area contributed by atoms with E-state index in [0.29, 0.717) is 0 Å². The number of nitro groups is 1. The topological polar surface area (TPSA) is 89.3 Å². The van der Waals surface area contributed by atoms with E-state index in [1.165, 1.54) is 24.3 Å². The van der Waals surface area contributed by atoms with Gasteiger partial charge >= 0.3 is 0 Å². The molecular weight excluding hydrogens is 244 g/mol. The highest BCUT2D eigenvalue weighted by Crippen LogP contribution is 2.15. The van der Waals surface area contributed by atoms with E-state index in [0.717, 1.165) is 0 Å². The molecule has 1 amide bonds. The van der Waals surface area contributed by atoms with Crippen molar-refractivity contribution in [1.29, 1.82) is 0 Å². The number of nitrogens with zero attached hydrogens (tertiary/aromatic N) is 1. The third-order valence-corrected chi connectivity index (χ3v) is 3.62. The maximum Gasteiger partial charge on any atom is 0.269 e. The van der Waals surface area contributed by atoms with Crippen LogP contribution in [-0.4, -0.2) is 20.9 Å². The number of hydrogen-bond donors (Lipinski definition) is 1. The molecule has 1 atom stereocenters. The summed E-state index contributed by atoms with van der Waals surface area (Å²) in [5, 5.41) is 10.4. The average molecular weight is 256 g/mol. The Kier molecular flexibility index (Phi) is 3.84. The number of nitro benzene ring substituents is 1. The minimum Gasteiger partial charge on any atom is -0.279 e. The van der Waals surface area contributed by atoms with Crippen LogP contribution in [0.4, 0.5) is 5.69 Å². The molecule has 0 saturated carbocycles. The Balaban J connectivity index is 3.00. The molecule has 1 rings (SSSR count). The molecule has 0 spiro atoms. The van der Waals surface area contributed by atoms with E-state index >= 15 is 0 Å². The third-order valence-electron chi connectivity index (χ3n) is 2.03. The molecule has 1 aromatic rings. The number of non-ortho nitro benzene ring substituents is 1. The Morgan fingerprint density at radius 2 is 2.00 bits per heavy atom. The van der Waals surface area contributed by atoms with Gasteiger partial charge in [0.1, 0.15) is 0 Å². The second-order valence-electron chi connectivity index (χ2n) is 3.31. The van der Waals surface area contributed by atoms with Crippen LogP contribution < -0.4 is 4.72 Å². The molecule has 1 aromatic carbocycles. The molecule has 7 heteroatoms. The first kappa shape index (κ1) is 13.2. The first-order valence-corrected chi connectivity index (χ1v) is 6.52. The van der Waals surface area contributed by atoms with Gasteiger partial charge in [-0.05, 0) is 18.0 Å². The second kappa shape index (κ2) is 4.96. The number of benzene rings is 1. The normalized spacial score (nSPS) is 13.7. The molecule has 0 aliphatic rings. The first-order chi connectivity index (χ1) is 7.86. The summed E-state index contributed by atoms with van der Waals surface area (Å²) in [4.78, 5) is 21.3. The number of carbonyl (C=O) groups is 1. The maximum atomic E-state index is 12.0. The second-order valence-corrected chi connectivity index (χ2v) is 5.33. The molecule has 17 heavy (non-hydrogen) atoms. The number of carbonyl (C=O) groups excluding carboxylic acids is 1. The van der Waals surface area contributed by atoms with Gasteiger partial charge in [-0.25, -0.2) is 4.21 Å². The lowest BCUT2D eigenvalue weighted by Gasteiger charge is -2.10. The van der Waals surface area contributed by atoms with Gasteiger partial charge in [0.2, 0.25) is 5.91 Å². The minimum absolute atomic E-state index is 0.106. The van der Waals surface area contributed by atoms with Crippen molar-refractivity contribution < 1.29 is 13.9 Å². The summed E-state index contributed by atoms with van der Waals surface area (Å²) in [6.07, 6.45) is 0.194. The van der Waals surface area contributed by atoms with Crippen LogP contribution in [-0.2, 0) is 14.5 Å². The fourth-order valence-corrected chi connectivity index (χ4v) is 2.31. The molecule has 0 aromatic heterocycles.